The van der Waals surface area contributed by atoms with Gasteiger partial charge in [-0.15, -0.1) is 0 Å². The highest BCUT2D eigenvalue weighted by atomic mass is 16.8. The minimum Gasteiger partial charge on any atom is -0.493 e. The van der Waals surface area contributed by atoms with Gasteiger partial charge in [-0.25, -0.2) is 4.79 Å². The number of carbonyl (C=O) groups is 2. The molecule has 286 valence electrons. The lowest BCUT2D eigenvalue weighted by molar-refractivity contribution is -0.351. The second kappa shape index (κ2) is 15.1. The van der Waals surface area contributed by atoms with Gasteiger partial charge in [-0.05, 0) is 35.2 Å². The van der Waals surface area contributed by atoms with Gasteiger partial charge in [-0.3, -0.25) is 4.79 Å². The Kier molecular flexibility index (Phi) is 10.5. The number of aliphatic hydroxyl groups is 3. The van der Waals surface area contributed by atoms with Crippen molar-refractivity contribution in [1.29, 1.82) is 0 Å². The quantitative estimate of drug-likeness (QED) is 0.238. The number of aliphatic hydroxyl groups excluding tert-OH is 3. The zero-order chi connectivity index (χ0) is 37.6. The first-order valence-electron chi connectivity index (χ1n) is 16.7. The van der Waals surface area contributed by atoms with Crippen molar-refractivity contribution in [3.05, 3.63) is 41.5 Å². The topological polar surface area (TPSA) is 206 Å². The van der Waals surface area contributed by atoms with Gasteiger partial charge in [0.15, 0.2) is 35.4 Å². The van der Waals surface area contributed by atoms with Crippen LogP contribution in [0, 0.1) is 0 Å². The van der Waals surface area contributed by atoms with Crippen molar-refractivity contribution in [3.8, 4) is 39.9 Å². The van der Waals surface area contributed by atoms with Gasteiger partial charge >= 0.3 is 11.9 Å². The molecule has 7 rings (SSSR count). The Hall–Kier alpha value is -4.46. The molecule has 0 bridgehead atoms. The third-order valence-corrected chi connectivity index (χ3v) is 9.68. The van der Waals surface area contributed by atoms with E-state index >= 15 is 0 Å². The maximum atomic E-state index is 13.6. The summed E-state index contributed by atoms with van der Waals surface area (Å²) in [7, 11) is 5.86. The molecule has 17 heteroatoms. The minimum atomic E-state index is -1.76. The molecule has 9 atom stereocenters. The first-order valence-corrected chi connectivity index (χ1v) is 16.7. The first kappa shape index (κ1) is 36.9. The number of hydrogen-bond acceptors (Lipinski definition) is 17. The van der Waals surface area contributed by atoms with Crippen molar-refractivity contribution in [2.24, 2.45) is 0 Å². The van der Waals surface area contributed by atoms with Gasteiger partial charge in [0.2, 0.25) is 13.1 Å². The normalized spacial score (nSPS) is 29.1. The third kappa shape index (κ3) is 6.67. The number of esters is 2. The van der Waals surface area contributed by atoms with Crippen LogP contribution < -0.4 is 23.7 Å². The lowest BCUT2D eigenvalue weighted by Gasteiger charge is -2.45. The summed E-state index contributed by atoms with van der Waals surface area (Å²) in [6.45, 7) is 0.638. The van der Waals surface area contributed by atoms with Gasteiger partial charge in [-0.2, -0.15) is 0 Å². The van der Waals surface area contributed by atoms with Gasteiger partial charge in [0.25, 0.3) is 0 Å². The third-order valence-electron chi connectivity index (χ3n) is 9.68. The van der Waals surface area contributed by atoms with Crippen molar-refractivity contribution >= 4 is 22.7 Å². The number of cyclic esters (lactones) is 1. The number of ether oxygens (including phenoxy) is 12. The highest BCUT2D eigenvalue weighted by Crippen LogP contribution is 2.50. The average Bonchev–Trinajstić information content (AvgIpc) is 3.80. The molecule has 53 heavy (non-hydrogen) atoms. The molecule has 4 heterocycles. The van der Waals surface area contributed by atoms with E-state index in [2.05, 4.69) is 0 Å². The molecule has 17 nitrogen and oxygen atoms in total. The zero-order valence-corrected chi connectivity index (χ0v) is 29.5. The van der Waals surface area contributed by atoms with Crippen LogP contribution in [0.4, 0.5) is 0 Å². The summed E-state index contributed by atoms with van der Waals surface area (Å²) in [4.78, 5) is 25.1. The maximum absolute atomic E-state index is 13.6. The molecular formula is C36H40O17. The standard InChI is InChI=1S/C36H40O17/c1-15(37)46-12-24-28(38)29(39)30(40)35(51-24)53-33-32(45-5)25(44-4)13-48-36(33)52-31-18-10-22(43-3)21(42-2)9-17(18)26(27-19(31)11-47-34(27)41)16-6-7-20-23(8-16)50-14-49-20/h6-10,24-25,28-30,32-33,35-36,38-40H,11-14H2,1-5H3. The van der Waals surface area contributed by atoms with Crippen molar-refractivity contribution in [1.82, 2.24) is 0 Å². The second-order valence-corrected chi connectivity index (χ2v) is 12.7. The number of fused-ring (bicyclic) bond motifs is 3. The molecule has 2 fully saturated rings. The van der Waals surface area contributed by atoms with Crippen molar-refractivity contribution < 1.29 is 81.8 Å². The fourth-order valence-corrected chi connectivity index (χ4v) is 7.01. The van der Waals surface area contributed by atoms with Crippen LogP contribution in [0.5, 0.6) is 28.7 Å². The Morgan fingerprint density at radius 3 is 2.26 bits per heavy atom. The molecule has 4 aliphatic rings. The van der Waals surface area contributed by atoms with E-state index in [1.807, 2.05) is 6.07 Å². The van der Waals surface area contributed by atoms with E-state index in [0.29, 0.717) is 50.5 Å². The number of methoxy groups -OCH3 is 4. The van der Waals surface area contributed by atoms with Crippen LogP contribution in [0.2, 0.25) is 0 Å². The fraction of sp³-hybridized carbons (Fsp3) is 0.500. The first-order chi connectivity index (χ1) is 25.6. The number of carbonyl (C=O) groups excluding carboxylic acids is 2. The van der Waals surface area contributed by atoms with E-state index in [4.69, 9.17) is 56.8 Å². The van der Waals surface area contributed by atoms with Crippen molar-refractivity contribution in [3.63, 3.8) is 0 Å². The fourth-order valence-electron chi connectivity index (χ4n) is 7.01. The average molecular weight is 745 g/mol. The van der Waals surface area contributed by atoms with Crippen LogP contribution in [0.3, 0.4) is 0 Å². The summed E-state index contributed by atoms with van der Waals surface area (Å²) in [6.07, 6.45) is -12.1. The van der Waals surface area contributed by atoms with Crippen molar-refractivity contribution in [2.75, 3.05) is 48.4 Å². The lowest BCUT2D eigenvalue weighted by Crippen LogP contribution is -2.63. The van der Waals surface area contributed by atoms with E-state index in [0.717, 1.165) is 0 Å². The van der Waals surface area contributed by atoms with E-state index in [1.54, 1.807) is 24.3 Å². The molecule has 0 spiro atoms. The number of benzene rings is 3. The van der Waals surface area contributed by atoms with Gasteiger partial charge in [-0.1, -0.05) is 6.07 Å². The molecule has 0 aliphatic carbocycles. The molecule has 3 aromatic carbocycles. The van der Waals surface area contributed by atoms with Crippen LogP contribution in [0.1, 0.15) is 22.8 Å². The SMILES string of the molecule is COc1cc2c(OC3OCC(OC)C(OC)C3OC3OC(COC(C)=O)C(O)C(O)C3O)c3c(c(-c4ccc5c(c4)OCO5)c2cc1OC)C(=O)OC3. The van der Waals surface area contributed by atoms with Crippen LogP contribution in [0.15, 0.2) is 30.3 Å². The largest absolute Gasteiger partial charge is 0.493 e. The van der Waals surface area contributed by atoms with E-state index in [-0.39, 0.29) is 31.3 Å². The summed E-state index contributed by atoms with van der Waals surface area (Å²) in [5, 5.41) is 33.3. The Labute approximate surface area is 303 Å². The van der Waals surface area contributed by atoms with Crippen LogP contribution >= 0.6 is 0 Å². The summed E-state index contributed by atoms with van der Waals surface area (Å²) >= 11 is 0. The minimum absolute atomic E-state index is 0.0218. The predicted octanol–water partition coefficient (Wildman–Crippen LogP) is 1.44. The number of hydrogen-bond donors (Lipinski definition) is 3. The predicted molar refractivity (Wildman–Crippen MR) is 178 cm³/mol. The number of rotatable bonds is 11. The molecule has 0 saturated carbocycles. The Morgan fingerprint density at radius 2 is 1.57 bits per heavy atom. The molecule has 2 saturated heterocycles. The van der Waals surface area contributed by atoms with Crippen LogP contribution in [-0.2, 0) is 44.6 Å². The monoisotopic (exact) mass is 744 g/mol. The highest BCUT2D eigenvalue weighted by Gasteiger charge is 2.51. The molecule has 0 radical (unpaired) electrons. The van der Waals surface area contributed by atoms with Gasteiger partial charge < -0.3 is 72.2 Å². The second-order valence-electron chi connectivity index (χ2n) is 12.7. The van der Waals surface area contributed by atoms with E-state index in [9.17, 15) is 24.9 Å². The molecule has 3 N–H and O–H groups in total. The molecular weight excluding hydrogens is 704 g/mol. The van der Waals surface area contributed by atoms with Crippen LogP contribution in [0.25, 0.3) is 21.9 Å². The highest BCUT2D eigenvalue weighted by molar-refractivity contribution is 6.14. The van der Waals surface area contributed by atoms with Crippen molar-refractivity contribution in [2.45, 2.75) is 68.8 Å². The summed E-state index contributed by atoms with van der Waals surface area (Å²) in [5.74, 6) is 0.773. The Morgan fingerprint density at radius 1 is 0.830 bits per heavy atom. The van der Waals surface area contributed by atoms with Crippen LogP contribution in [-0.4, -0.2) is 131 Å². The summed E-state index contributed by atoms with van der Waals surface area (Å²) in [5.41, 5.74) is 1.81. The Balaban J connectivity index is 1.33. The molecule has 9 unspecified atom stereocenters. The summed E-state index contributed by atoms with van der Waals surface area (Å²) in [6, 6.07) is 8.77. The maximum Gasteiger partial charge on any atom is 0.339 e. The van der Waals surface area contributed by atoms with E-state index in [1.165, 1.54) is 35.4 Å². The van der Waals surface area contributed by atoms with E-state index < -0.39 is 73.9 Å². The molecule has 3 aromatic rings. The lowest BCUT2D eigenvalue weighted by atomic mass is 9.89. The van der Waals surface area contributed by atoms with Gasteiger partial charge in [0.1, 0.15) is 55.6 Å². The molecule has 0 aromatic heterocycles. The smallest absolute Gasteiger partial charge is 0.339 e. The molecule has 0 amide bonds. The summed E-state index contributed by atoms with van der Waals surface area (Å²) < 4.78 is 69.5. The van der Waals surface area contributed by atoms with Gasteiger partial charge in [0, 0.05) is 37.7 Å². The zero-order valence-electron chi connectivity index (χ0n) is 29.5. The molecule has 4 aliphatic heterocycles. The Bertz CT molecular complexity index is 1860. The van der Waals surface area contributed by atoms with Gasteiger partial charge in [0.05, 0.1) is 26.4 Å².